The summed E-state index contributed by atoms with van der Waals surface area (Å²) in [5, 5.41) is 4.02. The van der Waals surface area contributed by atoms with Crippen molar-refractivity contribution in [1.82, 2.24) is 19.4 Å². The summed E-state index contributed by atoms with van der Waals surface area (Å²) >= 11 is 13.7. The first-order valence-corrected chi connectivity index (χ1v) is 13.1. The Labute approximate surface area is 222 Å². The van der Waals surface area contributed by atoms with Crippen LogP contribution in [-0.4, -0.2) is 37.9 Å². The molecule has 1 aliphatic rings. The van der Waals surface area contributed by atoms with E-state index in [-0.39, 0.29) is 24.1 Å². The van der Waals surface area contributed by atoms with Gasteiger partial charge in [0.25, 0.3) is 11.5 Å². The fourth-order valence-corrected chi connectivity index (χ4v) is 5.13. The first-order valence-electron chi connectivity index (χ1n) is 11.5. The number of nitrogens with one attached hydrogen (secondary N) is 1. The van der Waals surface area contributed by atoms with Gasteiger partial charge in [-0.2, -0.15) is 0 Å². The second kappa shape index (κ2) is 10.0. The molecule has 1 amide bonds. The van der Waals surface area contributed by atoms with Gasteiger partial charge in [0.05, 0.1) is 38.4 Å². The van der Waals surface area contributed by atoms with Gasteiger partial charge in [-0.1, -0.05) is 35.3 Å². The number of amides is 1. The minimum atomic E-state index is -0.179. The molecule has 0 unspecified atom stereocenters. The first kappa shape index (κ1) is 24.5. The summed E-state index contributed by atoms with van der Waals surface area (Å²) in [6, 6.07) is 12.7. The number of hydrogen-bond donors (Lipinski definition) is 1. The van der Waals surface area contributed by atoms with Gasteiger partial charge in [-0.05, 0) is 56.2 Å². The van der Waals surface area contributed by atoms with Crippen LogP contribution in [0.1, 0.15) is 35.5 Å². The summed E-state index contributed by atoms with van der Waals surface area (Å²) in [6.45, 7) is 4.62. The lowest BCUT2D eigenvalue weighted by Crippen LogP contribution is -2.41. The summed E-state index contributed by atoms with van der Waals surface area (Å²) in [5.74, 6) is 0.269. The van der Waals surface area contributed by atoms with Crippen molar-refractivity contribution in [2.45, 2.75) is 32.9 Å². The van der Waals surface area contributed by atoms with Gasteiger partial charge in [0.2, 0.25) is 5.95 Å². The molecule has 0 radical (unpaired) electrons. The number of benzene rings is 2. The van der Waals surface area contributed by atoms with E-state index in [0.717, 1.165) is 16.1 Å². The maximum absolute atomic E-state index is 13.7. The molecule has 2 aromatic heterocycles. The van der Waals surface area contributed by atoms with Gasteiger partial charge in [0.1, 0.15) is 0 Å². The molecule has 10 heteroatoms. The number of aromatic nitrogens is 3. The summed E-state index contributed by atoms with van der Waals surface area (Å²) in [6.07, 6.45) is 2.23. The van der Waals surface area contributed by atoms with Crippen LogP contribution in [0.5, 0.6) is 0 Å². The highest BCUT2D eigenvalue weighted by Crippen LogP contribution is 2.27. The van der Waals surface area contributed by atoms with Gasteiger partial charge in [0.15, 0.2) is 0 Å². The summed E-state index contributed by atoms with van der Waals surface area (Å²) in [4.78, 5) is 38.5. The molecule has 3 heterocycles. The molecule has 36 heavy (non-hydrogen) atoms. The Morgan fingerprint density at radius 1 is 1.11 bits per heavy atom. The number of anilines is 1. The number of fused-ring (bicyclic) bond motifs is 1. The minimum Gasteiger partial charge on any atom is -0.353 e. The minimum absolute atomic E-state index is 0.0511. The Morgan fingerprint density at radius 2 is 1.89 bits per heavy atom. The Hall–Kier alpha value is -3.20. The highest BCUT2D eigenvalue weighted by Gasteiger charge is 2.27. The van der Waals surface area contributed by atoms with Crippen molar-refractivity contribution in [2.75, 3.05) is 11.9 Å². The molecule has 7 nitrogen and oxygen atoms in total. The van der Waals surface area contributed by atoms with Crippen molar-refractivity contribution >= 4 is 46.4 Å². The van der Waals surface area contributed by atoms with Gasteiger partial charge >= 0.3 is 0 Å². The SMILES string of the molecule is CC(C)Nc1nc2c(c(=O)n1-c1ccc(-c3cncs3)cc1)CCN(C(=O)c1ccc(Cl)c(Cl)c1)C2. The number of thiazole rings is 1. The Bertz CT molecular complexity index is 1480. The van der Waals surface area contributed by atoms with Crippen LogP contribution in [0.25, 0.3) is 16.1 Å². The highest BCUT2D eigenvalue weighted by molar-refractivity contribution is 7.13. The first-order chi connectivity index (χ1) is 17.3. The highest BCUT2D eigenvalue weighted by atomic mass is 35.5. The molecule has 2 aromatic carbocycles. The number of carbonyl (C=O) groups is 1. The normalized spacial score (nSPS) is 13.1. The molecule has 1 N–H and O–H groups in total. The van der Waals surface area contributed by atoms with E-state index in [1.165, 1.54) is 0 Å². The van der Waals surface area contributed by atoms with E-state index in [1.54, 1.807) is 44.5 Å². The second-order valence-electron chi connectivity index (χ2n) is 8.82. The molecule has 4 aromatic rings. The molecule has 184 valence electrons. The van der Waals surface area contributed by atoms with Crippen LogP contribution in [0.15, 0.2) is 59.0 Å². The van der Waals surface area contributed by atoms with Gasteiger partial charge in [-0.15, -0.1) is 11.3 Å². The number of rotatable bonds is 5. The quantitative estimate of drug-likeness (QED) is 0.352. The molecule has 0 atom stereocenters. The smallest absolute Gasteiger partial charge is 0.263 e. The van der Waals surface area contributed by atoms with E-state index < -0.39 is 0 Å². The lowest BCUT2D eigenvalue weighted by atomic mass is 10.0. The molecule has 0 saturated heterocycles. The average molecular weight is 540 g/mol. The van der Waals surface area contributed by atoms with Crippen LogP contribution in [0.2, 0.25) is 10.0 Å². The zero-order valence-electron chi connectivity index (χ0n) is 19.7. The van der Waals surface area contributed by atoms with Crippen molar-refractivity contribution in [2.24, 2.45) is 0 Å². The Balaban J connectivity index is 1.50. The number of nitrogens with zero attached hydrogens (tertiary/aromatic N) is 4. The predicted octanol–water partition coefficient (Wildman–Crippen LogP) is 5.68. The van der Waals surface area contributed by atoms with Crippen molar-refractivity contribution in [3.05, 3.63) is 91.4 Å². The van der Waals surface area contributed by atoms with Crippen molar-refractivity contribution in [3.8, 4) is 16.1 Å². The van der Waals surface area contributed by atoms with Crippen LogP contribution in [-0.2, 0) is 13.0 Å². The number of carbonyl (C=O) groups excluding carboxylic acids is 1. The maximum Gasteiger partial charge on any atom is 0.263 e. The zero-order valence-corrected chi connectivity index (χ0v) is 22.0. The Morgan fingerprint density at radius 3 is 2.56 bits per heavy atom. The summed E-state index contributed by atoms with van der Waals surface area (Å²) in [5.41, 5.74) is 5.09. The fraction of sp³-hybridized carbons (Fsp3) is 0.231. The third-order valence-electron chi connectivity index (χ3n) is 5.95. The van der Waals surface area contributed by atoms with Gasteiger partial charge in [0, 0.05) is 29.9 Å². The third-order valence-corrected chi connectivity index (χ3v) is 7.51. The van der Waals surface area contributed by atoms with Crippen molar-refractivity contribution in [1.29, 1.82) is 0 Å². The lowest BCUT2D eigenvalue weighted by Gasteiger charge is -2.29. The monoisotopic (exact) mass is 539 g/mol. The molecule has 0 spiro atoms. The fourth-order valence-electron chi connectivity index (χ4n) is 4.20. The summed E-state index contributed by atoms with van der Waals surface area (Å²) < 4.78 is 1.62. The van der Waals surface area contributed by atoms with Crippen molar-refractivity contribution in [3.63, 3.8) is 0 Å². The van der Waals surface area contributed by atoms with E-state index in [4.69, 9.17) is 28.2 Å². The summed E-state index contributed by atoms with van der Waals surface area (Å²) in [7, 11) is 0. The van der Waals surface area contributed by atoms with E-state index in [2.05, 4.69) is 10.3 Å². The molecule has 0 saturated carbocycles. The van der Waals surface area contributed by atoms with E-state index in [9.17, 15) is 9.59 Å². The Kier molecular flexibility index (Phi) is 6.83. The van der Waals surface area contributed by atoms with Crippen LogP contribution in [0.4, 0.5) is 5.95 Å². The van der Waals surface area contributed by atoms with E-state index in [1.807, 2.05) is 44.3 Å². The van der Waals surface area contributed by atoms with Gasteiger partial charge < -0.3 is 10.2 Å². The van der Waals surface area contributed by atoms with Crippen molar-refractivity contribution < 1.29 is 4.79 Å². The number of hydrogen-bond acceptors (Lipinski definition) is 6. The molecule has 1 aliphatic heterocycles. The standard InChI is InChI=1S/C26H23Cl2N5O2S/c1-15(2)30-26-31-22-13-32(24(34)17-5-8-20(27)21(28)11-17)10-9-19(22)25(35)33(26)18-6-3-16(4-7-18)23-12-29-14-36-23/h3-8,11-12,14-15H,9-10,13H2,1-2H3,(H,30,31). The molecular formula is C26H23Cl2N5O2S. The lowest BCUT2D eigenvalue weighted by molar-refractivity contribution is 0.0731. The third kappa shape index (κ3) is 4.76. The largest absolute Gasteiger partial charge is 0.353 e. The average Bonchev–Trinajstić information content (AvgIpc) is 3.40. The van der Waals surface area contributed by atoms with Gasteiger partial charge in [-0.3, -0.25) is 14.6 Å². The molecule has 0 aliphatic carbocycles. The molecule has 0 bridgehead atoms. The zero-order chi connectivity index (χ0) is 25.4. The molecular weight excluding hydrogens is 517 g/mol. The topological polar surface area (TPSA) is 80.1 Å². The maximum atomic E-state index is 13.7. The van der Waals surface area contributed by atoms with Crippen LogP contribution >= 0.6 is 34.5 Å². The van der Waals surface area contributed by atoms with Crippen LogP contribution in [0.3, 0.4) is 0 Å². The number of halogens is 2. The molecule has 5 rings (SSSR count). The van der Waals surface area contributed by atoms with Crippen LogP contribution in [0, 0.1) is 0 Å². The molecule has 0 fully saturated rings. The van der Waals surface area contributed by atoms with Crippen LogP contribution < -0.4 is 10.9 Å². The van der Waals surface area contributed by atoms with E-state index in [0.29, 0.717) is 45.8 Å². The van der Waals surface area contributed by atoms with Gasteiger partial charge in [-0.25, -0.2) is 9.55 Å². The predicted molar refractivity (Wildman–Crippen MR) is 145 cm³/mol. The second-order valence-corrected chi connectivity index (χ2v) is 10.5. The van der Waals surface area contributed by atoms with E-state index >= 15 is 0 Å².